The highest BCUT2D eigenvalue weighted by molar-refractivity contribution is 9.10. The molecular weight excluding hydrogens is 430 g/mol. The highest BCUT2D eigenvalue weighted by Crippen LogP contribution is 2.44. The van der Waals surface area contributed by atoms with Crippen LogP contribution in [-0.2, 0) is 16.9 Å². The van der Waals surface area contributed by atoms with Crippen LogP contribution in [0.15, 0.2) is 77.3 Å². The van der Waals surface area contributed by atoms with Gasteiger partial charge in [-0.05, 0) is 30.7 Å². The lowest BCUT2D eigenvalue weighted by molar-refractivity contribution is -0.136. The smallest absolute Gasteiger partial charge is 0.264 e. The lowest BCUT2D eigenvalue weighted by atomic mass is 9.88. The molecule has 1 heterocycles. The van der Waals surface area contributed by atoms with Crippen LogP contribution in [-0.4, -0.2) is 16.8 Å². The van der Waals surface area contributed by atoms with Gasteiger partial charge in [0.05, 0.1) is 18.7 Å². The van der Waals surface area contributed by atoms with Crippen molar-refractivity contribution in [2.24, 2.45) is 0 Å². The van der Waals surface area contributed by atoms with E-state index in [0.717, 1.165) is 15.6 Å². The van der Waals surface area contributed by atoms with E-state index in [1.165, 1.54) is 0 Å². The minimum atomic E-state index is -1.89. The number of anilines is 1. The van der Waals surface area contributed by atoms with Gasteiger partial charge in [0.15, 0.2) is 11.4 Å². The second-order valence-electron chi connectivity index (χ2n) is 7.36. The van der Waals surface area contributed by atoms with Gasteiger partial charge in [0.25, 0.3) is 5.91 Å². The SMILES string of the molecule is Cc1ccc(CN2C(=O)[C@](O)(CC(=O)c3ccccc3)c3cc(Br)ccc32)cc1. The summed E-state index contributed by atoms with van der Waals surface area (Å²) in [6.07, 6.45) is -0.302. The monoisotopic (exact) mass is 449 g/mol. The number of nitrogens with zero attached hydrogens (tertiary/aromatic N) is 1. The zero-order chi connectivity index (χ0) is 20.6. The molecular formula is C24H20BrNO3. The molecule has 0 radical (unpaired) electrons. The van der Waals surface area contributed by atoms with Crippen molar-refractivity contribution in [3.63, 3.8) is 0 Å². The van der Waals surface area contributed by atoms with Crippen molar-refractivity contribution in [3.05, 3.63) is 99.5 Å². The van der Waals surface area contributed by atoms with E-state index in [2.05, 4.69) is 15.9 Å². The number of hydrogen-bond acceptors (Lipinski definition) is 3. The van der Waals surface area contributed by atoms with Gasteiger partial charge in [-0.2, -0.15) is 0 Å². The number of carbonyl (C=O) groups is 2. The quantitative estimate of drug-likeness (QED) is 0.570. The molecule has 4 nitrogen and oxygen atoms in total. The highest BCUT2D eigenvalue weighted by atomic mass is 79.9. The molecule has 1 amide bonds. The molecule has 0 bridgehead atoms. The molecule has 0 spiro atoms. The van der Waals surface area contributed by atoms with Crippen LogP contribution >= 0.6 is 15.9 Å². The van der Waals surface area contributed by atoms with E-state index in [9.17, 15) is 14.7 Å². The van der Waals surface area contributed by atoms with Gasteiger partial charge < -0.3 is 10.0 Å². The number of ketones is 1. The summed E-state index contributed by atoms with van der Waals surface area (Å²) in [7, 11) is 0. The largest absolute Gasteiger partial charge is 0.375 e. The van der Waals surface area contributed by atoms with Crippen molar-refractivity contribution in [1.29, 1.82) is 0 Å². The van der Waals surface area contributed by atoms with Crippen LogP contribution in [0.2, 0.25) is 0 Å². The molecule has 5 heteroatoms. The first-order valence-corrected chi connectivity index (χ1v) is 10.2. The number of benzene rings is 3. The Balaban J connectivity index is 1.71. The van der Waals surface area contributed by atoms with E-state index in [4.69, 9.17) is 0 Å². The van der Waals surface area contributed by atoms with Crippen LogP contribution in [0, 0.1) is 6.92 Å². The van der Waals surface area contributed by atoms with Crippen molar-refractivity contribution in [1.82, 2.24) is 0 Å². The second kappa shape index (κ2) is 7.58. The number of rotatable bonds is 5. The zero-order valence-electron chi connectivity index (χ0n) is 15.9. The van der Waals surface area contributed by atoms with Gasteiger partial charge in [-0.25, -0.2) is 0 Å². The average Bonchev–Trinajstić information content (AvgIpc) is 2.92. The number of carbonyl (C=O) groups excluding carboxylic acids is 2. The molecule has 3 aromatic carbocycles. The first-order valence-electron chi connectivity index (χ1n) is 9.37. The van der Waals surface area contributed by atoms with E-state index in [-0.39, 0.29) is 12.2 Å². The minimum Gasteiger partial charge on any atom is -0.375 e. The number of halogens is 1. The van der Waals surface area contributed by atoms with E-state index < -0.39 is 11.5 Å². The Morgan fingerprint density at radius 2 is 1.72 bits per heavy atom. The third-order valence-electron chi connectivity index (χ3n) is 5.27. The predicted molar refractivity (Wildman–Crippen MR) is 116 cm³/mol. The van der Waals surface area contributed by atoms with Gasteiger partial charge in [-0.15, -0.1) is 0 Å². The summed E-state index contributed by atoms with van der Waals surface area (Å²) in [5.41, 5.74) is 1.75. The molecule has 3 aromatic rings. The Morgan fingerprint density at radius 1 is 1.03 bits per heavy atom. The fraction of sp³-hybridized carbons (Fsp3) is 0.167. The molecule has 1 atom stereocenters. The number of Topliss-reactive ketones (excluding diaryl/α,β-unsaturated/α-hetero) is 1. The Morgan fingerprint density at radius 3 is 2.41 bits per heavy atom. The molecule has 0 aliphatic carbocycles. The molecule has 1 N–H and O–H groups in total. The Hall–Kier alpha value is -2.76. The molecule has 1 aliphatic rings. The third-order valence-corrected chi connectivity index (χ3v) is 5.76. The van der Waals surface area contributed by atoms with Gasteiger partial charge in [0, 0.05) is 15.6 Å². The Bertz CT molecular complexity index is 1080. The number of aliphatic hydroxyl groups is 1. The third kappa shape index (κ3) is 3.63. The summed E-state index contributed by atoms with van der Waals surface area (Å²) in [5, 5.41) is 11.4. The van der Waals surface area contributed by atoms with E-state index in [1.807, 2.05) is 43.3 Å². The van der Waals surface area contributed by atoms with Crippen molar-refractivity contribution in [3.8, 4) is 0 Å². The van der Waals surface area contributed by atoms with Gasteiger partial charge >= 0.3 is 0 Å². The maximum absolute atomic E-state index is 13.3. The van der Waals surface area contributed by atoms with Gasteiger partial charge in [0.2, 0.25) is 0 Å². The van der Waals surface area contributed by atoms with Gasteiger partial charge in [-0.3, -0.25) is 9.59 Å². The second-order valence-corrected chi connectivity index (χ2v) is 8.28. The van der Waals surface area contributed by atoms with Crippen LogP contribution in [0.1, 0.15) is 33.5 Å². The summed E-state index contributed by atoms with van der Waals surface area (Å²) in [5.74, 6) is -0.750. The summed E-state index contributed by atoms with van der Waals surface area (Å²) < 4.78 is 0.742. The molecule has 0 saturated carbocycles. The maximum atomic E-state index is 13.3. The molecule has 29 heavy (non-hydrogen) atoms. The number of aryl methyl sites for hydroxylation is 1. The summed E-state index contributed by atoms with van der Waals surface area (Å²) >= 11 is 3.42. The standard InChI is InChI=1S/C24H20BrNO3/c1-16-7-9-17(10-8-16)15-26-21-12-11-19(25)13-20(21)24(29,23(26)28)14-22(27)18-5-3-2-4-6-18/h2-13,29H,14-15H2,1H3/t24-/m0/s1. The summed E-state index contributed by atoms with van der Waals surface area (Å²) in [6, 6.07) is 22.0. The fourth-order valence-electron chi connectivity index (χ4n) is 3.69. The van der Waals surface area contributed by atoms with Crippen molar-refractivity contribution < 1.29 is 14.7 Å². The normalized spacial score (nSPS) is 18.0. The topological polar surface area (TPSA) is 57.6 Å². The van der Waals surface area contributed by atoms with Gasteiger partial charge in [0.1, 0.15) is 0 Å². The van der Waals surface area contributed by atoms with Crippen LogP contribution in [0.4, 0.5) is 5.69 Å². The Kier molecular flexibility index (Phi) is 5.11. The first-order chi connectivity index (χ1) is 13.9. The maximum Gasteiger partial charge on any atom is 0.264 e. The zero-order valence-corrected chi connectivity index (χ0v) is 17.5. The fourth-order valence-corrected chi connectivity index (χ4v) is 4.05. The van der Waals surface area contributed by atoms with Crippen molar-refractivity contribution in [2.75, 3.05) is 4.90 Å². The number of hydrogen-bond donors (Lipinski definition) is 1. The highest BCUT2D eigenvalue weighted by Gasteiger charge is 2.51. The van der Waals surface area contributed by atoms with E-state index >= 15 is 0 Å². The molecule has 0 fully saturated rings. The van der Waals surface area contributed by atoms with Crippen LogP contribution in [0.3, 0.4) is 0 Å². The number of fused-ring (bicyclic) bond motifs is 1. The minimum absolute atomic E-state index is 0.274. The van der Waals surface area contributed by atoms with Crippen LogP contribution < -0.4 is 4.90 Å². The lowest BCUT2D eigenvalue weighted by Gasteiger charge is -2.23. The molecule has 0 unspecified atom stereocenters. The van der Waals surface area contributed by atoms with E-state index in [0.29, 0.717) is 23.4 Å². The summed E-state index contributed by atoms with van der Waals surface area (Å²) in [4.78, 5) is 27.7. The molecule has 146 valence electrons. The van der Waals surface area contributed by atoms with E-state index in [1.54, 1.807) is 41.3 Å². The molecule has 4 rings (SSSR count). The van der Waals surface area contributed by atoms with Crippen molar-refractivity contribution >= 4 is 33.3 Å². The van der Waals surface area contributed by atoms with Gasteiger partial charge in [-0.1, -0.05) is 76.1 Å². The molecule has 1 aliphatic heterocycles. The number of amides is 1. The lowest BCUT2D eigenvalue weighted by Crippen LogP contribution is -2.41. The predicted octanol–water partition coefficient (Wildman–Crippen LogP) is 4.76. The Labute approximate surface area is 177 Å². The average molecular weight is 450 g/mol. The first kappa shape index (κ1) is 19.6. The molecule has 0 saturated heterocycles. The summed E-state index contributed by atoms with van der Waals surface area (Å²) in [6.45, 7) is 2.33. The van der Waals surface area contributed by atoms with Crippen LogP contribution in [0.5, 0.6) is 0 Å². The van der Waals surface area contributed by atoms with Crippen molar-refractivity contribution in [2.45, 2.75) is 25.5 Å². The van der Waals surface area contributed by atoms with Crippen LogP contribution in [0.25, 0.3) is 0 Å². The molecule has 0 aromatic heterocycles.